The van der Waals surface area contributed by atoms with E-state index in [1.165, 1.54) is 11.1 Å². The highest BCUT2D eigenvalue weighted by atomic mass is 16.5. The van der Waals surface area contributed by atoms with Gasteiger partial charge in [0.1, 0.15) is 11.8 Å². The summed E-state index contributed by atoms with van der Waals surface area (Å²) in [5.74, 6) is 0.00967. The fourth-order valence-corrected chi connectivity index (χ4v) is 2.45. The van der Waals surface area contributed by atoms with E-state index in [0.29, 0.717) is 0 Å². The van der Waals surface area contributed by atoms with Crippen molar-refractivity contribution in [1.82, 2.24) is 5.32 Å². The first-order chi connectivity index (χ1) is 8.61. The first kappa shape index (κ1) is 12.9. The lowest BCUT2D eigenvalue weighted by atomic mass is 9.87. The van der Waals surface area contributed by atoms with Crippen molar-refractivity contribution in [3.05, 3.63) is 29.3 Å². The van der Waals surface area contributed by atoms with Crippen molar-refractivity contribution in [3.8, 4) is 5.75 Å². The maximum absolute atomic E-state index is 10.9. The normalized spacial score (nSPS) is 20.0. The summed E-state index contributed by atoms with van der Waals surface area (Å²) in [6.07, 6.45) is 3.11. The average molecular weight is 249 g/mol. The fourth-order valence-electron chi connectivity index (χ4n) is 2.45. The summed E-state index contributed by atoms with van der Waals surface area (Å²) in [4.78, 5) is 10.9. The zero-order valence-electron chi connectivity index (χ0n) is 10.8. The molecule has 0 aromatic heterocycles. The van der Waals surface area contributed by atoms with Crippen molar-refractivity contribution in [3.63, 3.8) is 0 Å². The van der Waals surface area contributed by atoms with E-state index < -0.39 is 12.0 Å². The molecule has 0 amide bonds. The van der Waals surface area contributed by atoms with Crippen molar-refractivity contribution < 1.29 is 14.6 Å². The number of hydrogen-bond acceptors (Lipinski definition) is 3. The van der Waals surface area contributed by atoms with Gasteiger partial charge in [-0.25, -0.2) is 0 Å². The van der Waals surface area contributed by atoms with Crippen LogP contribution in [0.25, 0.3) is 0 Å². The maximum Gasteiger partial charge on any atom is 0.320 e. The molecule has 1 aliphatic rings. The van der Waals surface area contributed by atoms with Crippen LogP contribution in [0.1, 0.15) is 36.9 Å². The third-order valence-electron chi connectivity index (χ3n) is 3.49. The standard InChI is InChI=1S/C14H19NO3/c1-9(14(16)17)15-13-5-3-4-10-6-7-11(18-2)8-12(10)13/h6-9,13,15H,3-5H2,1-2H3,(H,16,17). The molecule has 4 heteroatoms. The molecule has 2 N–H and O–H groups in total. The smallest absolute Gasteiger partial charge is 0.320 e. The van der Waals surface area contributed by atoms with E-state index in [2.05, 4.69) is 11.4 Å². The molecule has 2 unspecified atom stereocenters. The highest BCUT2D eigenvalue weighted by Crippen LogP contribution is 2.32. The summed E-state index contributed by atoms with van der Waals surface area (Å²) in [6, 6.07) is 5.62. The molecule has 0 aliphatic heterocycles. The number of carboxylic acid groups (broad SMARTS) is 1. The molecule has 0 radical (unpaired) electrons. The number of ether oxygens (including phenoxy) is 1. The Morgan fingerprint density at radius 1 is 1.56 bits per heavy atom. The topological polar surface area (TPSA) is 58.6 Å². The summed E-state index contributed by atoms with van der Waals surface area (Å²) in [7, 11) is 1.65. The zero-order valence-corrected chi connectivity index (χ0v) is 10.8. The van der Waals surface area contributed by atoms with Crippen LogP contribution in [0.4, 0.5) is 0 Å². The van der Waals surface area contributed by atoms with Gasteiger partial charge in [-0.3, -0.25) is 10.1 Å². The Morgan fingerprint density at radius 2 is 2.33 bits per heavy atom. The Bertz CT molecular complexity index is 445. The lowest BCUT2D eigenvalue weighted by Gasteiger charge is -2.28. The Balaban J connectivity index is 2.23. The first-order valence-electron chi connectivity index (χ1n) is 6.27. The van der Waals surface area contributed by atoms with Gasteiger partial charge in [-0.1, -0.05) is 6.07 Å². The van der Waals surface area contributed by atoms with Gasteiger partial charge in [-0.05, 0) is 49.4 Å². The van der Waals surface area contributed by atoms with E-state index in [1.807, 2.05) is 12.1 Å². The number of benzene rings is 1. The zero-order chi connectivity index (χ0) is 13.1. The van der Waals surface area contributed by atoms with E-state index in [1.54, 1.807) is 14.0 Å². The third kappa shape index (κ3) is 2.64. The van der Waals surface area contributed by atoms with Crippen LogP contribution < -0.4 is 10.1 Å². The molecule has 0 fully saturated rings. The SMILES string of the molecule is COc1ccc2c(c1)C(NC(C)C(=O)O)CCC2. The van der Waals surface area contributed by atoms with Gasteiger partial charge in [0.15, 0.2) is 0 Å². The van der Waals surface area contributed by atoms with Crippen molar-refractivity contribution in [2.24, 2.45) is 0 Å². The van der Waals surface area contributed by atoms with Gasteiger partial charge >= 0.3 is 5.97 Å². The van der Waals surface area contributed by atoms with Gasteiger partial charge in [0.2, 0.25) is 0 Å². The van der Waals surface area contributed by atoms with Crippen molar-refractivity contribution in [2.75, 3.05) is 7.11 Å². The number of aliphatic carboxylic acids is 1. The van der Waals surface area contributed by atoms with E-state index in [0.717, 1.165) is 25.0 Å². The number of aryl methyl sites for hydroxylation is 1. The van der Waals surface area contributed by atoms with E-state index >= 15 is 0 Å². The Labute approximate surface area is 107 Å². The molecule has 0 bridgehead atoms. The summed E-state index contributed by atoms with van der Waals surface area (Å²) < 4.78 is 5.24. The molecule has 2 atom stereocenters. The number of carbonyl (C=O) groups is 1. The fraction of sp³-hybridized carbons (Fsp3) is 0.500. The van der Waals surface area contributed by atoms with E-state index in [-0.39, 0.29) is 6.04 Å². The monoisotopic (exact) mass is 249 g/mol. The van der Waals surface area contributed by atoms with Crippen LogP contribution >= 0.6 is 0 Å². The molecule has 4 nitrogen and oxygen atoms in total. The number of methoxy groups -OCH3 is 1. The van der Waals surface area contributed by atoms with Crippen LogP contribution in [0.5, 0.6) is 5.75 Å². The van der Waals surface area contributed by atoms with Gasteiger partial charge < -0.3 is 9.84 Å². The summed E-state index contributed by atoms with van der Waals surface area (Å²) in [5.41, 5.74) is 2.46. The summed E-state index contributed by atoms with van der Waals surface area (Å²) in [5, 5.41) is 12.1. The molecule has 0 spiro atoms. The average Bonchev–Trinajstić information content (AvgIpc) is 2.38. The lowest BCUT2D eigenvalue weighted by Crippen LogP contribution is -2.38. The van der Waals surface area contributed by atoms with E-state index in [4.69, 9.17) is 9.84 Å². The van der Waals surface area contributed by atoms with Crippen LogP contribution in [-0.2, 0) is 11.2 Å². The van der Waals surface area contributed by atoms with Gasteiger partial charge in [0.25, 0.3) is 0 Å². The Kier molecular flexibility index (Phi) is 3.87. The highest BCUT2D eigenvalue weighted by Gasteiger charge is 2.24. The van der Waals surface area contributed by atoms with Gasteiger partial charge in [0.05, 0.1) is 7.11 Å². The quantitative estimate of drug-likeness (QED) is 0.858. The van der Waals surface area contributed by atoms with Gasteiger partial charge in [-0.2, -0.15) is 0 Å². The number of hydrogen-bond donors (Lipinski definition) is 2. The largest absolute Gasteiger partial charge is 0.497 e. The number of nitrogens with one attached hydrogen (secondary N) is 1. The van der Waals surface area contributed by atoms with Crippen LogP contribution in [0, 0.1) is 0 Å². The van der Waals surface area contributed by atoms with Gasteiger partial charge in [0, 0.05) is 6.04 Å². The molecule has 18 heavy (non-hydrogen) atoms. The molecule has 1 aromatic rings. The Hall–Kier alpha value is -1.55. The second-order valence-electron chi connectivity index (χ2n) is 4.74. The number of carboxylic acids is 1. The third-order valence-corrected chi connectivity index (χ3v) is 3.49. The number of rotatable bonds is 4. The van der Waals surface area contributed by atoms with E-state index in [9.17, 15) is 4.79 Å². The van der Waals surface area contributed by atoms with Crippen LogP contribution in [-0.4, -0.2) is 24.2 Å². The predicted molar refractivity (Wildman–Crippen MR) is 68.9 cm³/mol. The van der Waals surface area contributed by atoms with Crippen LogP contribution in [0.3, 0.4) is 0 Å². The second-order valence-corrected chi connectivity index (χ2v) is 4.74. The van der Waals surface area contributed by atoms with Crippen molar-refractivity contribution in [1.29, 1.82) is 0 Å². The number of fused-ring (bicyclic) bond motifs is 1. The molecular formula is C14H19NO3. The van der Waals surface area contributed by atoms with Crippen LogP contribution in [0.15, 0.2) is 18.2 Å². The molecule has 98 valence electrons. The molecule has 0 saturated heterocycles. The maximum atomic E-state index is 10.9. The molecule has 2 rings (SSSR count). The molecular weight excluding hydrogens is 230 g/mol. The Morgan fingerprint density at radius 3 is 3.00 bits per heavy atom. The summed E-state index contributed by atoms with van der Waals surface area (Å²) >= 11 is 0. The van der Waals surface area contributed by atoms with Crippen LogP contribution in [0.2, 0.25) is 0 Å². The minimum Gasteiger partial charge on any atom is -0.497 e. The first-order valence-corrected chi connectivity index (χ1v) is 6.27. The predicted octanol–water partition coefficient (Wildman–Crippen LogP) is 2.14. The minimum atomic E-state index is -0.815. The molecule has 1 aliphatic carbocycles. The lowest BCUT2D eigenvalue weighted by molar-refractivity contribution is -0.139. The molecule has 0 saturated carbocycles. The molecule has 1 aromatic carbocycles. The highest BCUT2D eigenvalue weighted by molar-refractivity contribution is 5.72. The summed E-state index contributed by atoms with van der Waals surface area (Å²) in [6.45, 7) is 1.68. The molecule has 0 heterocycles. The second kappa shape index (κ2) is 5.40. The van der Waals surface area contributed by atoms with Crippen molar-refractivity contribution >= 4 is 5.97 Å². The minimum absolute atomic E-state index is 0.106. The van der Waals surface area contributed by atoms with Crippen molar-refractivity contribution in [2.45, 2.75) is 38.3 Å². The van der Waals surface area contributed by atoms with Gasteiger partial charge in [-0.15, -0.1) is 0 Å².